The van der Waals surface area contributed by atoms with Crippen LogP contribution in [0.1, 0.15) is 64.2 Å². The standard InChI is InChI=1S/C24H37N5O7/c1-27-16-25-21-20(27)22(32)29(24(34)28(21)2)14-12-10-8-6-5-7-9-11-13-18(30)26-17(23(33)36-4)15-19(31)35-3/h16-17H,5-15H2,1-4H3,(H,26,30). The normalized spacial score (nSPS) is 11.9. The number of imidazole rings is 1. The zero-order valence-electron chi connectivity index (χ0n) is 21.6. The Hall–Kier alpha value is -3.44. The summed E-state index contributed by atoms with van der Waals surface area (Å²) in [7, 11) is 5.77. The van der Waals surface area contributed by atoms with Crippen LogP contribution in [0.25, 0.3) is 11.2 Å². The lowest BCUT2D eigenvalue weighted by molar-refractivity contribution is -0.150. The number of aryl methyl sites for hydroxylation is 2. The number of nitrogens with zero attached hydrogens (tertiary/aromatic N) is 4. The Kier molecular flexibility index (Phi) is 11.4. The lowest BCUT2D eigenvalue weighted by Gasteiger charge is -2.15. The van der Waals surface area contributed by atoms with E-state index in [4.69, 9.17) is 0 Å². The molecule has 0 aromatic carbocycles. The van der Waals surface area contributed by atoms with E-state index in [2.05, 4.69) is 19.8 Å². The number of unbranched alkanes of at least 4 members (excludes halogenated alkanes) is 7. The molecule has 2 aromatic rings. The average molecular weight is 508 g/mol. The Bertz CT molecular complexity index is 1160. The van der Waals surface area contributed by atoms with Gasteiger partial charge >= 0.3 is 17.6 Å². The van der Waals surface area contributed by atoms with E-state index >= 15 is 0 Å². The molecule has 0 spiro atoms. The molecule has 0 saturated heterocycles. The molecule has 0 bridgehead atoms. The quantitative estimate of drug-likeness (QED) is 0.279. The molecule has 0 saturated carbocycles. The van der Waals surface area contributed by atoms with Crippen LogP contribution in [0, 0.1) is 0 Å². The van der Waals surface area contributed by atoms with Crippen molar-refractivity contribution in [1.82, 2.24) is 24.0 Å². The predicted molar refractivity (Wildman–Crippen MR) is 132 cm³/mol. The number of rotatable bonds is 15. The number of nitrogens with one attached hydrogen (secondary N) is 1. The highest BCUT2D eigenvalue weighted by Crippen LogP contribution is 2.11. The van der Waals surface area contributed by atoms with Crippen molar-refractivity contribution < 1.29 is 23.9 Å². The van der Waals surface area contributed by atoms with E-state index in [1.54, 1.807) is 18.7 Å². The molecule has 36 heavy (non-hydrogen) atoms. The van der Waals surface area contributed by atoms with Crippen molar-refractivity contribution in [1.29, 1.82) is 0 Å². The van der Waals surface area contributed by atoms with Crippen LogP contribution in [0.5, 0.6) is 0 Å². The molecular formula is C24H37N5O7. The second kappa shape index (κ2) is 14.2. The third-order valence-corrected chi connectivity index (χ3v) is 6.16. The molecule has 0 fully saturated rings. The molecule has 1 amide bonds. The van der Waals surface area contributed by atoms with Crippen molar-refractivity contribution in [2.45, 2.75) is 76.8 Å². The van der Waals surface area contributed by atoms with Gasteiger partial charge in [0, 0.05) is 27.1 Å². The van der Waals surface area contributed by atoms with E-state index in [1.807, 2.05) is 0 Å². The van der Waals surface area contributed by atoms with E-state index in [0.717, 1.165) is 44.9 Å². The van der Waals surface area contributed by atoms with Crippen molar-refractivity contribution in [3.63, 3.8) is 0 Å². The van der Waals surface area contributed by atoms with Gasteiger partial charge in [0.15, 0.2) is 11.2 Å². The van der Waals surface area contributed by atoms with E-state index in [0.29, 0.717) is 24.1 Å². The molecule has 0 radical (unpaired) electrons. The second-order valence-electron chi connectivity index (χ2n) is 8.83. The lowest BCUT2D eigenvalue weighted by Crippen LogP contribution is -2.43. The first-order valence-corrected chi connectivity index (χ1v) is 12.3. The maximum Gasteiger partial charge on any atom is 0.332 e. The Labute approximate surface area is 209 Å². The molecule has 0 aliphatic heterocycles. The van der Waals surface area contributed by atoms with Gasteiger partial charge in [0.1, 0.15) is 6.04 Å². The minimum absolute atomic E-state index is 0.263. The second-order valence-corrected chi connectivity index (χ2v) is 8.83. The summed E-state index contributed by atoms with van der Waals surface area (Å²) in [5, 5.41) is 2.53. The van der Waals surface area contributed by atoms with Gasteiger partial charge < -0.3 is 19.4 Å². The van der Waals surface area contributed by atoms with Crippen LogP contribution in [-0.4, -0.2) is 56.8 Å². The van der Waals surface area contributed by atoms with Crippen LogP contribution in [0.3, 0.4) is 0 Å². The fourth-order valence-electron chi connectivity index (χ4n) is 4.06. The summed E-state index contributed by atoms with van der Waals surface area (Å²) in [6, 6.07) is -1.04. The molecule has 2 aromatic heterocycles. The summed E-state index contributed by atoms with van der Waals surface area (Å²) in [5.74, 6) is -1.59. The van der Waals surface area contributed by atoms with Gasteiger partial charge in [-0.25, -0.2) is 14.6 Å². The number of esters is 2. The highest BCUT2D eigenvalue weighted by molar-refractivity contribution is 5.88. The largest absolute Gasteiger partial charge is 0.469 e. The first kappa shape index (κ1) is 28.8. The van der Waals surface area contributed by atoms with Crippen molar-refractivity contribution >= 4 is 29.0 Å². The molecule has 1 unspecified atom stereocenters. The third kappa shape index (κ3) is 7.79. The monoisotopic (exact) mass is 507 g/mol. The summed E-state index contributed by atoms with van der Waals surface area (Å²) < 4.78 is 13.5. The summed E-state index contributed by atoms with van der Waals surface area (Å²) in [5.41, 5.74) is 0.166. The molecule has 1 N–H and O–H groups in total. The Morgan fingerprint density at radius 3 is 2.17 bits per heavy atom. The summed E-state index contributed by atoms with van der Waals surface area (Å²) >= 11 is 0. The average Bonchev–Trinajstić information content (AvgIpc) is 3.26. The van der Waals surface area contributed by atoms with Gasteiger partial charge in [-0.15, -0.1) is 0 Å². The predicted octanol–water partition coefficient (Wildman–Crippen LogP) is 1.17. The number of fused-ring (bicyclic) bond motifs is 1. The Morgan fingerprint density at radius 2 is 1.56 bits per heavy atom. The van der Waals surface area contributed by atoms with Crippen molar-refractivity contribution in [3.8, 4) is 0 Å². The zero-order chi connectivity index (χ0) is 26.7. The lowest BCUT2D eigenvalue weighted by atomic mass is 10.1. The summed E-state index contributed by atoms with van der Waals surface area (Å²) in [4.78, 5) is 64.5. The number of aromatic nitrogens is 4. The fourth-order valence-corrected chi connectivity index (χ4v) is 4.06. The topological polar surface area (TPSA) is 144 Å². The Morgan fingerprint density at radius 1 is 0.944 bits per heavy atom. The zero-order valence-corrected chi connectivity index (χ0v) is 21.6. The maximum absolute atomic E-state index is 12.7. The van der Waals surface area contributed by atoms with Gasteiger partial charge in [0.2, 0.25) is 5.91 Å². The molecule has 12 nitrogen and oxygen atoms in total. The van der Waals surface area contributed by atoms with Crippen molar-refractivity contribution in [2.75, 3.05) is 14.2 Å². The SMILES string of the molecule is COC(=O)CC(NC(=O)CCCCCCCCCCn1c(=O)c2c(ncn2C)n(C)c1=O)C(=O)OC. The summed E-state index contributed by atoms with van der Waals surface area (Å²) in [6.07, 6.45) is 8.78. The molecule has 12 heteroatoms. The van der Waals surface area contributed by atoms with Crippen LogP contribution in [-0.2, 0) is 44.5 Å². The number of ether oxygens (including phenoxy) is 2. The van der Waals surface area contributed by atoms with Crippen molar-refractivity contribution in [3.05, 3.63) is 27.2 Å². The first-order chi connectivity index (χ1) is 17.2. The van der Waals surface area contributed by atoms with Gasteiger partial charge in [0.05, 0.1) is 27.0 Å². The number of amides is 1. The third-order valence-electron chi connectivity index (χ3n) is 6.16. The molecule has 2 heterocycles. The summed E-state index contributed by atoms with van der Waals surface area (Å²) in [6.45, 7) is 0.379. The van der Waals surface area contributed by atoms with Crippen molar-refractivity contribution in [2.24, 2.45) is 14.1 Å². The van der Waals surface area contributed by atoms with Crippen LogP contribution < -0.4 is 16.6 Å². The minimum Gasteiger partial charge on any atom is -0.469 e. The first-order valence-electron chi connectivity index (χ1n) is 12.3. The molecule has 0 aliphatic rings. The molecule has 0 aliphatic carbocycles. The van der Waals surface area contributed by atoms with E-state index < -0.39 is 18.0 Å². The molecule has 200 valence electrons. The molecule has 2 rings (SSSR count). The number of hydrogen-bond acceptors (Lipinski definition) is 8. The van der Waals surface area contributed by atoms with E-state index in [-0.39, 0.29) is 30.0 Å². The molecular weight excluding hydrogens is 470 g/mol. The van der Waals surface area contributed by atoms with Crippen LogP contribution in [0.4, 0.5) is 0 Å². The maximum atomic E-state index is 12.7. The van der Waals surface area contributed by atoms with Gasteiger partial charge in [0.25, 0.3) is 5.56 Å². The highest BCUT2D eigenvalue weighted by atomic mass is 16.5. The number of carbonyl (C=O) groups is 3. The van der Waals surface area contributed by atoms with Gasteiger partial charge in [-0.05, 0) is 12.8 Å². The van der Waals surface area contributed by atoms with Crippen LogP contribution in [0.15, 0.2) is 15.9 Å². The fraction of sp³-hybridized carbons (Fsp3) is 0.667. The number of hydrogen-bond donors (Lipinski definition) is 1. The molecule has 1 atom stereocenters. The minimum atomic E-state index is -1.04. The van der Waals surface area contributed by atoms with Gasteiger partial charge in [-0.3, -0.25) is 23.5 Å². The van der Waals surface area contributed by atoms with E-state index in [1.165, 1.54) is 29.7 Å². The van der Waals surface area contributed by atoms with Gasteiger partial charge in [-0.2, -0.15) is 0 Å². The van der Waals surface area contributed by atoms with E-state index in [9.17, 15) is 24.0 Å². The Balaban J connectivity index is 1.62. The number of methoxy groups -OCH3 is 2. The van der Waals surface area contributed by atoms with Gasteiger partial charge in [-0.1, -0.05) is 38.5 Å². The highest BCUT2D eigenvalue weighted by Gasteiger charge is 2.24. The van der Waals surface area contributed by atoms with Crippen LogP contribution >= 0.6 is 0 Å². The van der Waals surface area contributed by atoms with Crippen LogP contribution in [0.2, 0.25) is 0 Å². The smallest absolute Gasteiger partial charge is 0.332 e. The number of carbonyl (C=O) groups excluding carboxylic acids is 3.